The Balaban J connectivity index is 2.21. The standard InChI is InChI=1S/C13H15ClN4/c14-9-3-4-11-10(7-9)13(17-12(8-15)16-11)18-5-1-2-6-18/h3-4,7H,1-2,5-6,8,15H2. The van der Waals surface area contributed by atoms with Crippen molar-refractivity contribution in [3.8, 4) is 0 Å². The molecule has 0 bridgehead atoms. The minimum Gasteiger partial charge on any atom is -0.356 e. The Kier molecular flexibility index (Phi) is 3.06. The summed E-state index contributed by atoms with van der Waals surface area (Å²) in [7, 11) is 0. The highest BCUT2D eigenvalue weighted by atomic mass is 35.5. The summed E-state index contributed by atoms with van der Waals surface area (Å²) in [5.41, 5.74) is 6.58. The molecule has 18 heavy (non-hydrogen) atoms. The van der Waals surface area contributed by atoms with Crippen LogP contribution in [0, 0.1) is 0 Å². The molecule has 2 heterocycles. The van der Waals surface area contributed by atoms with Gasteiger partial charge in [0.2, 0.25) is 0 Å². The van der Waals surface area contributed by atoms with Crippen LogP contribution in [0.4, 0.5) is 5.82 Å². The van der Waals surface area contributed by atoms with Crippen LogP contribution in [0.25, 0.3) is 10.9 Å². The molecule has 1 aromatic carbocycles. The second-order valence-electron chi connectivity index (χ2n) is 4.52. The van der Waals surface area contributed by atoms with E-state index in [2.05, 4.69) is 14.9 Å². The second-order valence-corrected chi connectivity index (χ2v) is 4.96. The highest BCUT2D eigenvalue weighted by Crippen LogP contribution is 2.28. The SMILES string of the molecule is NCc1nc(N2CCCC2)c2cc(Cl)ccc2n1. The molecule has 0 saturated carbocycles. The van der Waals surface area contributed by atoms with Crippen LogP contribution in [0.3, 0.4) is 0 Å². The molecule has 1 aromatic heterocycles. The summed E-state index contributed by atoms with van der Waals surface area (Å²) in [5, 5.41) is 1.73. The first kappa shape index (κ1) is 11.7. The van der Waals surface area contributed by atoms with Crippen molar-refractivity contribution in [3.05, 3.63) is 29.0 Å². The van der Waals surface area contributed by atoms with E-state index >= 15 is 0 Å². The van der Waals surface area contributed by atoms with Crippen LogP contribution < -0.4 is 10.6 Å². The number of rotatable bonds is 2. The third-order valence-corrected chi connectivity index (χ3v) is 3.51. The molecular formula is C13H15ClN4. The van der Waals surface area contributed by atoms with Crippen LogP contribution in [0.5, 0.6) is 0 Å². The van der Waals surface area contributed by atoms with Crippen LogP contribution in [0.1, 0.15) is 18.7 Å². The van der Waals surface area contributed by atoms with Crippen molar-refractivity contribution in [2.24, 2.45) is 5.73 Å². The van der Waals surface area contributed by atoms with Gasteiger partial charge in [-0.25, -0.2) is 9.97 Å². The Labute approximate surface area is 111 Å². The maximum atomic E-state index is 6.07. The topological polar surface area (TPSA) is 55.0 Å². The number of nitrogens with zero attached hydrogens (tertiary/aromatic N) is 3. The summed E-state index contributed by atoms with van der Waals surface area (Å²) in [6.07, 6.45) is 2.42. The van der Waals surface area contributed by atoms with Crippen LogP contribution >= 0.6 is 11.6 Å². The van der Waals surface area contributed by atoms with Crippen molar-refractivity contribution in [2.75, 3.05) is 18.0 Å². The molecule has 1 aliphatic rings. The van der Waals surface area contributed by atoms with Crippen molar-refractivity contribution >= 4 is 28.3 Å². The first-order chi connectivity index (χ1) is 8.78. The predicted octanol–water partition coefficient (Wildman–Crippen LogP) is 2.34. The highest BCUT2D eigenvalue weighted by molar-refractivity contribution is 6.31. The fraction of sp³-hybridized carbons (Fsp3) is 0.385. The van der Waals surface area contributed by atoms with Gasteiger partial charge in [0, 0.05) is 23.5 Å². The number of nitrogens with two attached hydrogens (primary N) is 1. The first-order valence-electron chi connectivity index (χ1n) is 6.19. The summed E-state index contributed by atoms with van der Waals surface area (Å²) in [6, 6.07) is 5.72. The van der Waals surface area contributed by atoms with E-state index in [1.165, 1.54) is 12.8 Å². The van der Waals surface area contributed by atoms with Gasteiger partial charge in [0.15, 0.2) is 0 Å². The van der Waals surface area contributed by atoms with Gasteiger partial charge in [0.25, 0.3) is 0 Å². The predicted molar refractivity (Wildman–Crippen MR) is 73.9 cm³/mol. The highest BCUT2D eigenvalue weighted by Gasteiger charge is 2.18. The number of hydrogen-bond acceptors (Lipinski definition) is 4. The largest absolute Gasteiger partial charge is 0.356 e. The summed E-state index contributed by atoms with van der Waals surface area (Å²) in [4.78, 5) is 11.3. The summed E-state index contributed by atoms with van der Waals surface area (Å²) < 4.78 is 0. The van der Waals surface area contributed by atoms with Gasteiger partial charge < -0.3 is 10.6 Å². The number of anilines is 1. The monoisotopic (exact) mass is 262 g/mol. The second kappa shape index (κ2) is 4.71. The van der Waals surface area contributed by atoms with E-state index in [4.69, 9.17) is 17.3 Å². The molecule has 0 amide bonds. The average Bonchev–Trinajstić information content (AvgIpc) is 2.91. The van der Waals surface area contributed by atoms with Crippen molar-refractivity contribution in [1.29, 1.82) is 0 Å². The smallest absolute Gasteiger partial charge is 0.144 e. The van der Waals surface area contributed by atoms with Crippen LogP contribution in [0.2, 0.25) is 5.02 Å². The molecular weight excluding hydrogens is 248 g/mol. The average molecular weight is 263 g/mol. The third kappa shape index (κ3) is 2.02. The fourth-order valence-electron chi connectivity index (χ4n) is 2.39. The van der Waals surface area contributed by atoms with Crippen molar-refractivity contribution in [1.82, 2.24) is 9.97 Å². The Hall–Kier alpha value is -1.39. The lowest BCUT2D eigenvalue weighted by Crippen LogP contribution is -2.20. The van der Waals surface area contributed by atoms with E-state index in [9.17, 15) is 0 Å². The van der Waals surface area contributed by atoms with E-state index in [0.717, 1.165) is 29.8 Å². The van der Waals surface area contributed by atoms with E-state index in [-0.39, 0.29) is 0 Å². The van der Waals surface area contributed by atoms with Gasteiger partial charge in [-0.05, 0) is 31.0 Å². The van der Waals surface area contributed by atoms with Crippen molar-refractivity contribution in [3.63, 3.8) is 0 Å². The minimum atomic E-state index is 0.361. The van der Waals surface area contributed by atoms with E-state index in [1.807, 2.05) is 18.2 Å². The van der Waals surface area contributed by atoms with Gasteiger partial charge in [-0.2, -0.15) is 0 Å². The first-order valence-corrected chi connectivity index (χ1v) is 6.57. The molecule has 2 N–H and O–H groups in total. The van der Waals surface area contributed by atoms with E-state index < -0.39 is 0 Å². The van der Waals surface area contributed by atoms with Gasteiger partial charge in [-0.1, -0.05) is 11.6 Å². The molecule has 0 atom stereocenters. The van der Waals surface area contributed by atoms with E-state index in [1.54, 1.807) is 0 Å². The normalized spacial score (nSPS) is 15.6. The van der Waals surface area contributed by atoms with Crippen LogP contribution in [0.15, 0.2) is 18.2 Å². The molecule has 4 nitrogen and oxygen atoms in total. The lowest BCUT2D eigenvalue weighted by Gasteiger charge is -2.19. The molecule has 0 spiro atoms. The number of halogens is 1. The summed E-state index contributed by atoms with van der Waals surface area (Å²) in [6.45, 7) is 2.45. The molecule has 1 fully saturated rings. The van der Waals surface area contributed by atoms with E-state index in [0.29, 0.717) is 17.4 Å². The number of aromatic nitrogens is 2. The van der Waals surface area contributed by atoms with Crippen molar-refractivity contribution in [2.45, 2.75) is 19.4 Å². The lowest BCUT2D eigenvalue weighted by atomic mass is 10.2. The zero-order valence-corrected chi connectivity index (χ0v) is 10.8. The van der Waals surface area contributed by atoms with Gasteiger partial charge in [-0.15, -0.1) is 0 Å². The zero-order valence-electron chi connectivity index (χ0n) is 10.1. The molecule has 2 aromatic rings. The Morgan fingerprint density at radius 1 is 1.22 bits per heavy atom. The quantitative estimate of drug-likeness (QED) is 0.903. The summed E-state index contributed by atoms with van der Waals surface area (Å²) >= 11 is 6.07. The Morgan fingerprint density at radius 3 is 2.72 bits per heavy atom. The van der Waals surface area contributed by atoms with Gasteiger partial charge in [0.05, 0.1) is 12.1 Å². The lowest BCUT2D eigenvalue weighted by molar-refractivity contribution is 0.881. The molecule has 3 rings (SSSR count). The fourth-order valence-corrected chi connectivity index (χ4v) is 2.56. The molecule has 1 aliphatic heterocycles. The number of benzene rings is 1. The third-order valence-electron chi connectivity index (χ3n) is 3.27. The maximum absolute atomic E-state index is 6.07. The van der Waals surface area contributed by atoms with Gasteiger partial charge >= 0.3 is 0 Å². The Bertz CT molecular complexity index is 578. The molecule has 1 saturated heterocycles. The van der Waals surface area contributed by atoms with Gasteiger partial charge in [-0.3, -0.25) is 0 Å². The minimum absolute atomic E-state index is 0.361. The number of hydrogen-bond donors (Lipinski definition) is 1. The molecule has 94 valence electrons. The molecule has 5 heteroatoms. The molecule has 0 unspecified atom stereocenters. The zero-order chi connectivity index (χ0) is 12.5. The van der Waals surface area contributed by atoms with Gasteiger partial charge in [0.1, 0.15) is 11.6 Å². The Morgan fingerprint density at radius 2 is 2.00 bits per heavy atom. The number of fused-ring (bicyclic) bond motifs is 1. The van der Waals surface area contributed by atoms with Crippen molar-refractivity contribution < 1.29 is 0 Å². The van der Waals surface area contributed by atoms with Crippen LogP contribution in [-0.2, 0) is 6.54 Å². The summed E-state index contributed by atoms with van der Waals surface area (Å²) in [5.74, 6) is 1.66. The van der Waals surface area contributed by atoms with Crippen LogP contribution in [-0.4, -0.2) is 23.1 Å². The maximum Gasteiger partial charge on any atom is 0.144 e. The molecule has 0 aliphatic carbocycles. The molecule has 0 radical (unpaired) electrons.